The van der Waals surface area contributed by atoms with Crippen LogP contribution >= 0.6 is 0 Å². The molecule has 6 nitrogen and oxygen atoms in total. The molecule has 0 aliphatic heterocycles. The zero-order valence-corrected chi connectivity index (χ0v) is 41.8. The van der Waals surface area contributed by atoms with E-state index >= 15 is 0 Å². The van der Waals surface area contributed by atoms with Crippen molar-refractivity contribution in [3.05, 3.63) is 0 Å². The van der Waals surface area contributed by atoms with E-state index in [1.807, 2.05) is 0 Å². The Morgan fingerprint density at radius 2 is 0.541 bits per heavy atom. The summed E-state index contributed by atoms with van der Waals surface area (Å²) in [6.45, 7) is 11.3. The molecule has 0 radical (unpaired) electrons. The first-order chi connectivity index (χ1) is 29.7. The van der Waals surface area contributed by atoms with Crippen LogP contribution in [0.1, 0.15) is 304 Å². The van der Waals surface area contributed by atoms with Crippen LogP contribution in [0.2, 0.25) is 0 Å². The van der Waals surface area contributed by atoms with Crippen molar-refractivity contribution in [1.29, 1.82) is 0 Å². The summed E-state index contributed by atoms with van der Waals surface area (Å²) < 4.78 is 16.8. The van der Waals surface area contributed by atoms with E-state index in [0.717, 1.165) is 69.6 Å². The number of ether oxygens (including phenoxy) is 3. The van der Waals surface area contributed by atoms with E-state index in [-0.39, 0.29) is 31.1 Å². The Labute approximate surface area is 380 Å². The summed E-state index contributed by atoms with van der Waals surface area (Å²) in [6.07, 6.45) is 49.6. The summed E-state index contributed by atoms with van der Waals surface area (Å²) in [5, 5.41) is 0. The molecule has 6 heteroatoms. The molecule has 0 aliphatic rings. The van der Waals surface area contributed by atoms with Crippen molar-refractivity contribution in [2.75, 3.05) is 13.2 Å². The minimum atomic E-state index is -0.762. The van der Waals surface area contributed by atoms with E-state index in [2.05, 4.69) is 34.6 Å². The second-order valence-corrected chi connectivity index (χ2v) is 19.8. The second-order valence-electron chi connectivity index (χ2n) is 19.8. The van der Waals surface area contributed by atoms with E-state index in [4.69, 9.17) is 14.2 Å². The van der Waals surface area contributed by atoms with Crippen LogP contribution in [-0.2, 0) is 28.6 Å². The van der Waals surface area contributed by atoms with Gasteiger partial charge in [-0.25, -0.2) is 0 Å². The molecule has 0 aromatic rings. The third-order valence-corrected chi connectivity index (χ3v) is 12.5. The van der Waals surface area contributed by atoms with Crippen LogP contribution in [0.25, 0.3) is 0 Å². The van der Waals surface area contributed by atoms with Gasteiger partial charge in [-0.05, 0) is 31.1 Å². The van der Waals surface area contributed by atoms with Crippen molar-refractivity contribution in [2.24, 2.45) is 11.8 Å². The van der Waals surface area contributed by atoms with Crippen molar-refractivity contribution >= 4 is 17.9 Å². The number of rotatable bonds is 49. The first-order valence-corrected chi connectivity index (χ1v) is 27.2. The first kappa shape index (κ1) is 59.4. The zero-order chi connectivity index (χ0) is 44.7. The molecule has 0 aliphatic carbocycles. The minimum Gasteiger partial charge on any atom is -0.462 e. The van der Waals surface area contributed by atoms with Crippen molar-refractivity contribution in [3.8, 4) is 0 Å². The fraction of sp³-hybridized carbons (Fsp3) is 0.945. The predicted molar refractivity (Wildman–Crippen MR) is 261 cm³/mol. The van der Waals surface area contributed by atoms with E-state index in [9.17, 15) is 14.4 Å². The topological polar surface area (TPSA) is 78.9 Å². The molecule has 0 aromatic carbocycles. The summed E-state index contributed by atoms with van der Waals surface area (Å²) in [6, 6.07) is 0. The Morgan fingerprint density at radius 3 is 0.803 bits per heavy atom. The predicted octanol–water partition coefficient (Wildman–Crippen LogP) is 17.7. The SMILES string of the molecule is CCCCCCCCCCCCCCCCCCCC(=O)O[C@H](COC(=O)CCCCCCCCCCCCCCCC(C)C)COC(=O)CCCCCCCCCC(C)C. The van der Waals surface area contributed by atoms with E-state index in [1.165, 1.54) is 193 Å². The molecule has 0 rings (SSSR count). The zero-order valence-electron chi connectivity index (χ0n) is 41.8. The monoisotopic (exact) mass is 863 g/mol. The van der Waals surface area contributed by atoms with Gasteiger partial charge in [0.2, 0.25) is 0 Å². The smallest absolute Gasteiger partial charge is 0.306 e. The number of carbonyl (C=O) groups excluding carboxylic acids is 3. The highest BCUT2D eigenvalue weighted by molar-refractivity contribution is 5.71. The van der Waals surface area contributed by atoms with Gasteiger partial charge in [-0.2, -0.15) is 0 Å². The second kappa shape index (κ2) is 47.9. The van der Waals surface area contributed by atoms with Gasteiger partial charge in [-0.3, -0.25) is 14.4 Å². The summed E-state index contributed by atoms with van der Waals surface area (Å²) in [5.74, 6) is 0.774. The van der Waals surface area contributed by atoms with Crippen LogP contribution in [0, 0.1) is 11.8 Å². The third-order valence-electron chi connectivity index (χ3n) is 12.5. The fourth-order valence-corrected chi connectivity index (χ4v) is 8.34. The molecule has 0 heterocycles. The highest BCUT2D eigenvalue weighted by Gasteiger charge is 2.19. The van der Waals surface area contributed by atoms with Gasteiger partial charge in [0.1, 0.15) is 13.2 Å². The third kappa shape index (κ3) is 49.3. The van der Waals surface area contributed by atoms with E-state index in [1.54, 1.807) is 0 Å². The van der Waals surface area contributed by atoms with Crippen molar-refractivity contribution in [2.45, 2.75) is 310 Å². The largest absolute Gasteiger partial charge is 0.462 e. The van der Waals surface area contributed by atoms with Crippen LogP contribution in [-0.4, -0.2) is 37.2 Å². The molecule has 0 bridgehead atoms. The van der Waals surface area contributed by atoms with Crippen molar-refractivity contribution < 1.29 is 28.6 Å². The number of esters is 3. The van der Waals surface area contributed by atoms with Gasteiger partial charge >= 0.3 is 17.9 Å². The fourth-order valence-electron chi connectivity index (χ4n) is 8.34. The van der Waals surface area contributed by atoms with Crippen molar-refractivity contribution in [3.63, 3.8) is 0 Å². The Morgan fingerprint density at radius 1 is 0.311 bits per heavy atom. The maximum atomic E-state index is 12.8. The lowest BCUT2D eigenvalue weighted by Gasteiger charge is -2.18. The summed E-state index contributed by atoms with van der Waals surface area (Å²) in [4.78, 5) is 38.0. The molecule has 0 saturated heterocycles. The lowest BCUT2D eigenvalue weighted by atomic mass is 10.0. The van der Waals surface area contributed by atoms with Gasteiger partial charge < -0.3 is 14.2 Å². The van der Waals surface area contributed by atoms with Crippen LogP contribution in [0.15, 0.2) is 0 Å². The van der Waals surface area contributed by atoms with Gasteiger partial charge in [0.25, 0.3) is 0 Å². The minimum absolute atomic E-state index is 0.0638. The highest BCUT2D eigenvalue weighted by Crippen LogP contribution is 2.18. The quantitative estimate of drug-likeness (QED) is 0.0344. The summed E-state index contributed by atoms with van der Waals surface area (Å²) in [5.41, 5.74) is 0. The average Bonchev–Trinajstić information content (AvgIpc) is 3.23. The molecule has 0 amide bonds. The highest BCUT2D eigenvalue weighted by atomic mass is 16.6. The van der Waals surface area contributed by atoms with E-state index in [0.29, 0.717) is 19.3 Å². The van der Waals surface area contributed by atoms with Crippen LogP contribution in [0.3, 0.4) is 0 Å². The molecule has 0 fully saturated rings. The van der Waals surface area contributed by atoms with Crippen LogP contribution in [0.5, 0.6) is 0 Å². The Balaban J connectivity index is 4.27. The van der Waals surface area contributed by atoms with Crippen LogP contribution in [0.4, 0.5) is 0 Å². The standard InChI is InChI=1S/C55H106O6/c1-6-7-8-9-10-11-12-13-14-15-16-19-23-26-31-37-42-47-55(58)61-52(49-60-54(57)46-41-36-32-27-29-34-39-44-51(4)5)48-59-53(56)45-40-35-30-25-22-20-17-18-21-24-28-33-38-43-50(2)3/h50-52H,6-49H2,1-5H3/t52-/m1/s1. The number of unbranched alkanes of at least 4 members (excludes halogenated alkanes) is 34. The molecular weight excluding hydrogens is 757 g/mol. The van der Waals surface area contributed by atoms with Crippen LogP contribution < -0.4 is 0 Å². The van der Waals surface area contributed by atoms with Gasteiger partial charge in [0, 0.05) is 19.3 Å². The molecule has 0 spiro atoms. The summed E-state index contributed by atoms with van der Waals surface area (Å²) in [7, 11) is 0. The van der Waals surface area contributed by atoms with Gasteiger partial charge in [0.05, 0.1) is 0 Å². The molecule has 0 saturated carbocycles. The normalized spacial score (nSPS) is 12.0. The number of hydrogen-bond donors (Lipinski definition) is 0. The molecule has 1 atom stereocenters. The Hall–Kier alpha value is -1.59. The lowest BCUT2D eigenvalue weighted by Crippen LogP contribution is -2.30. The molecule has 0 unspecified atom stereocenters. The Bertz CT molecular complexity index is 931. The number of hydrogen-bond acceptors (Lipinski definition) is 6. The number of carbonyl (C=O) groups is 3. The molecule has 362 valence electrons. The summed E-state index contributed by atoms with van der Waals surface area (Å²) >= 11 is 0. The average molecular weight is 863 g/mol. The van der Waals surface area contributed by atoms with Gasteiger partial charge in [0.15, 0.2) is 6.10 Å². The molecule has 0 aromatic heterocycles. The van der Waals surface area contributed by atoms with Gasteiger partial charge in [-0.1, -0.05) is 266 Å². The maximum Gasteiger partial charge on any atom is 0.306 e. The van der Waals surface area contributed by atoms with Crippen molar-refractivity contribution in [1.82, 2.24) is 0 Å². The Kier molecular flexibility index (Phi) is 46.6. The van der Waals surface area contributed by atoms with E-state index < -0.39 is 6.10 Å². The molecule has 61 heavy (non-hydrogen) atoms. The molecule has 0 N–H and O–H groups in total. The lowest BCUT2D eigenvalue weighted by molar-refractivity contribution is -0.167. The first-order valence-electron chi connectivity index (χ1n) is 27.2. The maximum absolute atomic E-state index is 12.8. The van der Waals surface area contributed by atoms with Gasteiger partial charge in [-0.15, -0.1) is 0 Å². The molecular formula is C55H106O6.